The van der Waals surface area contributed by atoms with E-state index in [0.717, 1.165) is 34.1 Å². The van der Waals surface area contributed by atoms with Gasteiger partial charge in [0.1, 0.15) is 12.4 Å². The number of hydrogen-bond acceptors (Lipinski definition) is 5. The highest BCUT2D eigenvalue weighted by atomic mass is 35.5. The van der Waals surface area contributed by atoms with E-state index in [1.54, 1.807) is 60.7 Å². The van der Waals surface area contributed by atoms with Crippen LogP contribution in [-0.4, -0.2) is 28.0 Å². The Balaban J connectivity index is 1.64. The fourth-order valence-electron chi connectivity index (χ4n) is 3.59. The van der Waals surface area contributed by atoms with Gasteiger partial charge in [0.2, 0.25) is 5.91 Å². The molecule has 0 aliphatic heterocycles. The molecule has 0 saturated carbocycles. The maximum atomic E-state index is 13.5. The highest BCUT2D eigenvalue weighted by Crippen LogP contribution is 2.36. The van der Waals surface area contributed by atoms with Gasteiger partial charge in [-0.05, 0) is 73.7 Å². The van der Waals surface area contributed by atoms with Crippen LogP contribution < -0.4 is 19.1 Å². The van der Waals surface area contributed by atoms with Gasteiger partial charge in [0.15, 0.2) is 17.2 Å². The van der Waals surface area contributed by atoms with E-state index in [4.69, 9.17) is 21.1 Å². The summed E-state index contributed by atoms with van der Waals surface area (Å²) in [5.74, 6) is -0.0605. The molecule has 0 spiro atoms. The monoisotopic (exact) mass is 554 g/mol. The van der Waals surface area contributed by atoms with Crippen LogP contribution in [0.15, 0.2) is 95.9 Å². The average Bonchev–Trinajstić information content (AvgIpc) is 2.90. The van der Waals surface area contributed by atoms with E-state index in [1.807, 2.05) is 6.92 Å². The summed E-state index contributed by atoms with van der Waals surface area (Å²) in [4.78, 5) is 13.1. The average molecular weight is 555 g/mol. The third-order valence-electron chi connectivity index (χ3n) is 5.52. The number of para-hydroxylation sites is 2. The molecule has 196 valence electrons. The first-order valence-electron chi connectivity index (χ1n) is 11.4. The number of carbonyl (C=O) groups is 1. The number of nitrogens with one attached hydrogen (secondary N) is 1. The maximum absolute atomic E-state index is 13.5. The van der Waals surface area contributed by atoms with Gasteiger partial charge in [-0.1, -0.05) is 41.4 Å². The van der Waals surface area contributed by atoms with Gasteiger partial charge in [-0.15, -0.1) is 0 Å². The molecule has 0 saturated heterocycles. The quantitative estimate of drug-likeness (QED) is 0.258. The van der Waals surface area contributed by atoms with Crippen LogP contribution in [0.25, 0.3) is 0 Å². The molecule has 0 atom stereocenters. The zero-order valence-corrected chi connectivity index (χ0v) is 22.1. The molecule has 0 radical (unpaired) electrons. The van der Waals surface area contributed by atoms with Crippen LogP contribution in [0.1, 0.15) is 5.56 Å². The van der Waals surface area contributed by atoms with Gasteiger partial charge in [-0.2, -0.15) is 0 Å². The van der Waals surface area contributed by atoms with Crippen LogP contribution in [0, 0.1) is 12.7 Å². The Morgan fingerprint density at radius 2 is 1.58 bits per heavy atom. The molecule has 38 heavy (non-hydrogen) atoms. The summed E-state index contributed by atoms with van der Waals surface area (Å²) < 4.78 is 52.7. The van der Waals surface area contributed by atoms with Crippen LogP contribution >= 0.6 is 11.6 Å². The Hall–Kier alpha value is -4.08. The number of nitrogens with zero attached hydrogens (tertiary/aromatic N) is 1. The molecule has 0 unspecified atom stereocenters. The second-order valence-corrected chi connectivity index (χ2v) is 10.5. The first kappa shape index (κ1) is 27.0. The Morgan fingerprint density at radius 1 is 0.921 bits per heavy atom. The van der Waals surface area contributed by atoms with Gasteiger partial charge in [0.05, 0.1) is 23.4 Å². The lowest BCUT2D eigenvalue weighted by Crippen LogP contribution is -2.38. The molecule has 0 fully saturated rings. The van der Waals surface area contributed by atoms with Crippen molar-refractivity contribution in [1.82, 2.24) is 0 Å². The number of aryl methyl sites for hydroxylation is 1. The summed E-state index contributed by atoms with van der Waals surface area (Å²) in [6.07, 6.45) is 0. The topological polar surface area (TPSA) is 84.9 Å². The lowest BCUT2D eigenvalue weighted by atomic mass is 10.2. The van der Waals surface area contributed by atoms with Crippen molar-refractivity contribution in [3.63, 3.8) is 0 Å². The van der Waals surface area contributed by atoms with Gasteiger partial charge in [-0.25, -0.2) is 12.8 Å². The number of anilines is 2. The fraction of sp³-hybridized carbons (Fsp3) is 0.107. The molecule has 10 heteroatoms. The van der Waals surface area contributed by atoms with Crippen molar-refractivity contribution in [2.24, 2.45) is 0 Å². The van der Waals surface area contributed by atoms with Crippen molar-refractivity contribution in [1.29, 1.82) is 0 Å². The van der Waals surface area contributed by atoms with E-state index in [0.29, 0.717) is 16.5 Å². The van der Waals surface area contributed by atoms with Gasteiger partial charge < -0.3 is 14.8 Å². The number of ether oxygens (including phenoxy) is 2. The number of carbonyl (C=O) groups excluding carboxylic acids is 1. The Bertz CT molecular complexity index is 1540. The van der Waals surface area contributed by atoms with Crippen LogP contribution in [0.2, 0.25) is 5.02 Å². The Kier molecular flexibility index (Phi) is 8.19. The number of rotatable bonds is 9. The summed E-state index contributed by atoms with van der Waals surface area (Å²) >= 11 is 6.18. The zero-order valence-electron chi connectivity index (χ0n) is 20.5. The molecule has 1 N–H and O–H groups in total. The lowest BCUT2D eigenvalue weighted by Gasteiger charge is -2.24. The number of methoxy groups -OCH3 is 1. The van der Waals surface area contributed by atoms with Crippen LogP contribution in [0.3, 0.4) is 0 Å². The number of sulfonamides is 1. The molecule has 0 bridgehead atoms. The van der Waals surface area contributed by atoms with Gasteiger partial charge >= 0.3 is 0 Å². The molecule has 7 nitrogen and oxygen atoms in total. The molecule has 0 aliphatic carbocycles. The van der Waals surface area contributed by atoms with E-state index in [2.05, 4.69) is 5.32 Å². The highest BCUT2D eigenvalue weighted by Gasteiger charge is 2.28. The minimum Gasteiger partial charge on any atom is -0.493 e. The van der Waals surface area contributed by atoms with Crippen LogP contribution in [0.5, 0.6) is 17.2 Å². The predicted octanol–water partition coefficient (Wildman–Crippen LogP) is 6.42. The van der Waals surface area contributed by atoms with E-state index >= 15 is 0 Å². The Labute approximate surface area is 225 Å². The van der Waals surface area contributed by atoms with Gasteiger partial charge in [0, 0.05) is 5.02 Å². The summed E-state index contributed by atoms with van der Waals surface area (Å²) in [7, 11) is -2.71. The van der Waals surface area contributed by atoms with Crippen molar-refractivity contribution >= 4 is 38.9 Å². The largest absolute Gasteiger partial charge is 0.493 e. The van der Waals surface area contributed by atoms with Crippen molar-refractivity contribution in [2.75, 3.05) is 23.3 Å². The molecule has 0 heterocycles. The minimum atomic E-state index is -4.21. The molecule has 0 aliphatic rings. The van der Waals surface area contributed by atoms with Crippen molar-refractivity contribution in [3.05, 3.63) is 107 Å². The summed E-state index contributed by atoms with van der Waals surface area (Å²) in [6.45, 7) is 1.29. The summed E-state index contributed by atoms with van der Waals surface area (Å²) in [5.41, 5.74) is 1.41. The Morgan fingerprint density at radius 3 is 2.24 bits per heavy atom. The molecular formula is C28H24ClFN2O5S. The molecular weight excluding hydrogens is 531 g/mol. The predicted molar refractivity (Wildman–Crippen MR) is 145 cm³/mol. The minimum absolute atomic E-state index is 0.157. The maximum Gasteiger partial charge on any atom is 0.264 e. The fourth-order valence-corrected chi connectivity index (χ4v) is 5.18. The van der Waals surface area contributed by atoms with Crippen LogP contribution in [-0.2, 0) is 14.8 Å². The van der Waals surface area contributed by atoms with Crippen molar-refractivity contribution < 1.29 is 27.1 Å². The molecule has 4 rings (SSSR count). The van der Waals surface area contributed by atoms with E-state index < -0.39 is 28.3 Å². The molecule has 0 aromatic heterocycles. The first-order chi connectivity index (χ1) is 18.2. The zero-order chi connectivity index (χ0) is 27.3. The highest BCUT2D eigenvalue weighted by molar-refractivity contribution is 7.92. The SMILES string of the molecule is COc1ccccc1Oc1ccc(Cl)cc1NC(=O)CN(c1ccc(C)cc1)S(=O)(=O)c1ccc(F)cc1. The van der Waals surface area contributed by atoms with Gasteiger partial charge in [-0.3, -0.25) is 9.10 Å². The second kappa shape index (κ2) is 11.5. The third kappa shape index (κ3) is 6.24. The van der Waals surface area contributed by atoms with E-state index in [-0.39, 0.29) is 22.0 Å². The summed E-state index contributed by atoms with van der Waals surface area (Å²) in [6, 6.07) is 22.7. The lowest BCUT2D eigenvalue weighted by molar-refractivity contribution is -0.114. The number of amides is 1. The first-order valence-corrected chi connectivity index (χ1v) is 13.2. The standard InChI is InChI=1S/C28H24ClFN2O5S/c1-19-7-12-22(13-8-19)32(38(34,35)23-14-10-21(30)11-15-23)18-28(33)31-24-17-20(29)9-16-25(24)37-27-6-4-3-5-26(27)36-2/h3-17H,18H2,1-2H3,(H,31,33). The van der Waals surface area contributed by atoms with Gasteiger partial charge in [0.25, 0.3) is 10.0 Å². The van der Waals surface area contributed by atoms with E-state index in [1.165, 1.54) is 13.2 Å². The molecule has 4 aromatic carbocycles. The van der Waals surface area contributed by atoms with E-state index in [9.17, 15) is 17.6 Å². The number of benzene rings is 4. The summed E-state index contributed by atoms with van der Waals surface area (Å²) in [5, 5.41) is 3.03. The molecule has 4 aromatic rings. The van der Waals surface area contributed by atoms with Crippen LogP contribution in [0.4, 0.5) is 15.8 Å². The number of halogens is 2. The van der Waals surface area contributed by atoms with Crippen molar-refractivity contribution in [2.45, 2.75) is 11.8 Å². The normalized spacial score (nSPS) is 11.1. The smallest absolute Gasteiger partial charge is 0.264 e. The molecule has 1 amide bonds. The second-order valence-electron chi connectivity index (χ2n) is 8.24. The third-order valence-corrected chi connectivity index (χ3v) is 7.54. The number of hydrogen-bond donors (Lipinski definition) is 1. The van der Waals surface area contributed by atoms with Crippen molar-refractivity contribution in [3.8, 4) is 17.2 Å².